The average Bonchev–Trinajstić information content (AvgIpc) is 2.27. The van der Waals surface area contributed by atoms with Crippen molar-refractivity contribution in [2.45, 2.75) is 27.7 Å². The lowest BCUT2D eigenvalue weighted by atomic mass is 9.95. The number of amides is 1. The maximum atomic E-state index is 13.1. The molecule has 1 aromatic rings. The van der Waals surface area contributed by atoms with Gasteiger partial charge in [-0.15, -0.1) is 0 Å². The van der Waals surface area contributed by atoms with Crippen LogP contribution in [0.25, 0.3) is 0 Å². The monoisotopic (exact) mass is 251 g/mol. The van der Waals surface area contributed by atoms with Gasteiger partial charge in [-0.05, 0) is 30.7 Å². The van der Waals surface area contributed by atoms with Crippen LogP contribution in [0.15, 0.2) is 18.2 Å². The third kappa shape index (κ3) is 3.65. The van der Waals surface area contributed by atoms with Crippen LogP contribution in [-0.4, -0.2) is 18.2 Å². The van der Waals surface area contributed by atoms with E-state index in [-0.39, 0.29) is 24.1 Å². The lowest BCUT2D eigenvalue weighted by Gasteiger charge is -2.17. The summed E-state index contributed by atoms with van der Waals surface area (Å²) in [7, 11) is 0. The third-order valence-electron chi connectivity index (χ3n) is 2.57. The van der Waals surface area contributed by atoms with Crippen molar-refractivity contribution in [3.05, 3.63) is 35.1 Å². The molecule has 0 atom stereocenters. The Hall–Kier alpha value is -1.71. The van der Waals surface area contributed by atoms with Crippen molar-refractivity contribution >= 4 is 11.7 Å². The highest BCUT2D eigenvalue weighted by Gasteiger charge is 2.21. The molecule has 1 N–H and O–H groups in total. The Labute approximate surface area is 106 Å². The number of hydrogen-bond donors (Lipinski definition) is 1. The van der Waals surface area contributed by atoms with Crippen molar-refractivity contribution in [3.63, 3.8) is 0 Å². The fraction of sp³-hybridized carbons (Fsp3) is 0.429. The van der Waals surface area contributed by atoms with Crippen LogP contribution in [0.5, 0.6) is 0 Å². The molecular weight excluding hydrogens is 233 g/mol. The number of carbonyl (C=O) groups is 2. The molecule has 0 heterocycles. The van der Waals surface area contributed by atoms with Crippen LogP contribution in [0.4, 0.5) is 4.39 Å². The zero-order chi connectivity index (χ0) is 13.9. The van der Waals surface area contributed by atoms with Gasteiger partial charge in [0.05, 0.1) is 6.54 Å². The fourth-order valence-corrected chi connectivity index (χ4v) is 1.35. The summed E-state index contributed by atoms with van der Waals surface area (Å²) in [5.74, 6) is -0.754. The van der Waals surface area contributed by atoms with E-state index in [0.29, 0.717) is 11.1 Å². The van der Waals surface area contributed by atoms with Crippen LogP contribution in [0.3, 0.4) is 0 Å². The molecule has 0 aliphatic heterocycles. The number of benzene rings is 1. The van der Waals surface area contributed by atoms with Crippen LogP contribution >= 0.6 is 0 Å². The molecule has 98 valence electrons. The quantitative estimate of drug-likeness (QED) is 0.839. The van der Waals surface area contributed by atoms with Gasteiger partial charge < -0.3 is 5.32 Å². The minimum Gasteiger partial charge on any atom is -0.348 e. The molecule has 0 radical (unpaired) electrons. The molecule has 0 aliphatic carbocycles. The minimum absolute atomic E-state index is 0.0683. The van der Waals surface area contributed by atoms with E-state index in [0.717, 1.165) is 0 Å². The Kier molecular flexibility index (Phi) is 4.22. The first-order valence-corrected chi connectivity index (χ1v) is 5.79. The maximum absolute atomic E-state index is 13.1. The van der Waals surface area contributed by atoms with Crippen LogP contribution in [0.1, 0.15) is 36.7 Å². The highest BCUT2D eigenvalue weighted by atomic mass is 19.1. The molecule has 0 saturated heterocycles. The van der Waals surface area contributed by atoms with E-state index in [2.05, 4.69) is 5.32 Å². The van der Waals surface area contributed by atoms with Gasteiger partial charge in [-0.2, -0.15) is 0 Å². The molecule has 1 aromatic carbocycles. The van der Waals surface area contributed by atoms with Gasteiger partial charge in [0.2, 0.25) is 5.91 Å². The molecule has 1 amide bonds. The molecule has 0 spiro atoms. The molecule has 0 fully saturated rings. The van der Waals surface area contributed by atoms with Crippen molar-refractivity contribution in [2.24, 2.45) is 5.41 Å². The summed E-state index contributed by atoms with van der Waals surface area (Å²) in [5.41, 5.74) is 0.296. The van der Waals surface area contributed by atoms with E-state index in [1.807, 2.05) is 0 Å². The van der Waals surface area contributed by atoms with E-state index in [1.54, 1.807) is 27.7 Å². The van der Waals surface area contributed by atoms with Crippen LogP contribution < -0.4 is 5.32 Å². The smallest absolute Gasteiger partial charge is 0.225 e. The standard InChI is InChI=1S/C14H18FNO2/c1-9-7-10(5-6-11(9)15)12(17)8-16-13(18)14(2,3)4/h5-7H,8H2,1-4H3,(H,16,18). The number of hydrogen-bond acceptors (Lipinski definition) is 2. The first-order chi connectivity index (χ1) is 8.21. The Morgan fingerprint density at radius 1 is 1.28 bits per heavy atom. The van der Waals surface area contributed by atoms with Crippen molar-refractivity contribution < 1.29 is 14.0 Å². The van der Waals surface area contributed by atoms with Gasteiger partial charge in [-0.25, -0.2) is 4.39 Å². The van der Waals surface area contributed by atoms with Gasteiger partial charge in [-0.3, -0.25) is 9.59 Å². The molecule has 0 unspecified atom stereocenters. The number of ketones is 1. The molecule has 0 saturated carbocycles. The number of halogens is 1. The average molecular weight is 251 g/mol. The summed E-state index contributed by atoms with van der Waals surface area (Å²) in [6, 6.07) is 4.17. The second-order valence-corrected chi connectivity index (χ2v) is 5.32. The van der Waals surface area contributed by atoms with Gasteiger partial charge >= 0.3 is 0 Å². The van der Waals surface area contributed by atoms with E-state index in [4.69, 9.17) is 0 Å². The van der Waals surface area contributed by atoms with Crippen molar-refractivity contribution in [2.75, 3.05) is 6.54 Å². The normalized spacial score (nSPS) is 11.2. The van der Waals surface area contributed by atoms with E-state index in [1.165, 1.54) is 18.2 Å². The lowest BCUT2D eigenvalue weighted by Crippen LogP contribution is -2.37. The first kappa shape index (κ1) is 14.4. The molecule has 18 heavy (non-hydrogen) atoms. The summed E-state index contributed by atoms with van der Waals surface area (Å²) >= 11 is 0. The van der Waals surface area contributed by atoms with Gasteiger partial charge in [0.25, 0.3) is 0 Å². The highest BCUT2D eigenvalue weighted by Crippen LogP contribution is 2.13. The largest absolute Gasteiger partial charge is 0.348 e. The molecule has 0 aromatic heterocycles. The van der Waals surface area contributed by atoms with Crippen molar-refractivity contribution in [1.29, 1.82) is 0 Å². The SMILES string of the molecule is Cc1cc(C(=O)CNC(=O)C(C)(C)C)ccc1F. The van der Waals surface area contributed by atoms with Gasteiger partial charge in [0.1, 0.15) is 5.82 Å². The van der Waals surface area contributed by atoms with Crippen molar-refractivity contribution in [3.8, 4) is 0 Å². The Morgan fingerprint density at radius 2 is 1.89 bits per heavy atom. The zero-order valence-corrected chi connectivity index (χ0v) is 11.1. The maximum Gasteiger partial charge on any atom is 0.225 e. The van der Waals surface area contributed by atoms with Gasteiger partial charge in [0, 0.05) is 11.0 Å². The summed E-state index contributed by atoms with van der Waals surface area (Å²) in [6.45, 7) is 6.85. The van der Waals surface area contributed by atoms with Crippen LogP contribution in [-0.2, 0) is 4.79 Å². The van der Waals surface area contributed by atoms with E-state index < -0.39 is 5.41 Å². The number of rotatable bonds is 3. The molecule has 0 aliphatic rings. The predicted octanol–water partition coefficient (Wildman–Crippen LogP) is 2.48. The molecular formula is C14H18FNO2. The Balaban J connectivity index is 2.66. The lowest BCUT2D eigenvalue weighted by molar-refractivity contribution is -0.128. The number of carbonyl (C=O) groups excluding carboxylic acids is 2. The summed E-state index contributed by atoms with van der Waals surface area (Å²) < 4.78 is 13.1. The van der Waals surface area contributed by atoms with E-state index in [9.17, 15) is 14.0 Å². The zero-order valence-electron chi connectivity index (χ0n) is 11.1. The van der Waals surface area contributed by atoms with E-state index >= 15 is 0 Å². The summed E-state index contributed by atoms with van der Waals surface area (Å²) in [6.07, 6.45) is 0. The summed E-state index contributed by atoms with van der Waals surface area (Å²) in [4.78, 5) is 23.4. The van der Waals surface area contributed by atoms with Gasteiger partial charge in [0.15, 0.2) is 5.78 Å². The number of aryl methyl sites for hydroxylation is 1. The fourth-order valence-electron chi connectivity index (χ4n) is 1.35. The Morgan fingerprint density at radius 3 is 2.39 bits per heavy atom. The molecule has 0 bridgehead atoms. The Bertz CT molecular complexity index is 475. The molecule has 3 nitrogen and oxygen atoms in total. The topological polar surface area (TPSA) is 46.2 Å². The van der Waals surface area contributed by atoms with Crippen LogP contribution in [0.2, 0.25) is 0 Å². The first-order valence-electron chi connectivity index (χ1n) is 5.79. The third-order valence-corrected chi connectivity index (χ3v) is 2.57. The number of Topliss-reactive ketones (excluding diaryl/α,β-unsaturated/α-hetero) is 1. The molecule has 4 heteroatoms. The molecule has 1 rings (SSSR count). The second-order valence-electron chi connectivity index (χ2n) is 5.32. The summed E-state index contributed by atoms with van der Waals surface area (Å²) in [5, 5.41) is 2.57. The minimum atomic E-state index is -0.529. The second kappa shape index (κ2) is 5.29. The predicted molar refractivity (Wildman–Crippen MR) is 67.9 cm³/mol. The highest BCUT2D eigenvalue weighted by molar-refractivity contribution is 5.99. The van der Waals surface area contributed by atoms with Gasteiger partial charge in [-0.1, -0.05) is 20.8 Å². The van der Waals surface area contributed by atoms with Crippen LogP contribution in [0, 0.1) is 18.2 Å². The number of nitrogens with one attached hydrogen (secondary N) is 1. The van der Waals surface area contributed by atoms with Crippen molar-refractivity contribution in [1.82, 2.24) is 5.32 Å².